The molecule has 0 fully saturated rings. The minimum absolute atomic E-state index is 0.175. The van der Waals surface area contributed by atoms with Gasteiger partial charge in [-0.3, -0.25) is 9.68 Å². The van der Waals surface area contributed by atoms with Crippen molar-refractivity contribution in [3.05, 3.63) is 0 Å². The van der Waals surface area contributed by atoms with E-state index in [4.69, 9.17) is 0 Å². The third kappa shape index (κ3) is 5.24. The van der Waals surface area contributed by atoms with Crippen LogP contribution in [0, 0.1) is 0 Å². The Bertz CT molecular complexity index is 130. The first-order valence-corrected chi connectivity index (χ1v) is 2.98. The molecule has 0 aliphatic heterocycles. The minimum atomic E-state index is -0.471. The molecule has 0 N–H and O–H groups in total. The molecule has 0 aromatic rings. The van der Waals surface area contributed by atoms with E-state index in [1.165, 1.54) is 6.92 Å². The molecule has 4 nitrogen and oxygen atoms in total. The summed E-state index contributed by atoms with van der Waals surface area (Å²) in [6, 6.07) is 0. The van der Waals surface area contributed by atoms with E-state index in [2.05, 4.69) is 9.78 Å². The van der Waals surface area contributed by atoms with Gasteiger partial charge in [0.2, 0.25) is 0 Å². The van der Waals surface area contributed by atoms with Gasteiger partial charge in [-0.05, 0) is 6.92 Å². The summed E-state index contributed by atoms with van der Waals surface area (Å²) in [5.74, 6) is -0.648. The van der Waals surface area contributed by atoms with Crippen molar-refractivity contribution in [2.45, 2.75) is 20.3 Å². The first kappa shape index (κ1) is 9.10. The van der Waals surface area contributed by atoms with Gasteiger partial charge in [0.15, 0.2) is 12.4 Å². The highest BCUT2D eigenvalue weighted by atomic mass is 17.2. The van der Waals surface area contributed by atoms with Gasteiger partial charge in [-0.1, -0.05) is 6.92 Å². The molecule has 0 radical (unpaired) electrons. The molecular weight excluding hydrogens is 136 g/mol. The summed E-state index contributed by atoms with van der Waals surface area (Å²) in [7, 11) is 0. The fourth-order valence-corrected chi connectivity index (χ4v) is 0.237. The Kier molecular flexibility index (Phi) is 4.49. The second-order valence-electron chi connectivity index (χ2n) is 1.77. The Morgan fingerprint density at radius 1 is 1.40 bits per heavy atom. The van der Waals surface area contributed by atoms with Gasteiger partial charge in [-0.15, -0.1) is 0 Å². The Labute approximate surface area is 59.0 Å². The third-order valence-corrected chi connectivity index (χ3v) is 0.703. The normalized spacial score (nSPS) is 9.00. The highest BCUT2D eigenvalue weighted by Gasteiger charge is 1.99. The second kappa shape index (κ2) is 4.93. The number of rotatable bonds is 4. The van der Waals surface area contributed by atoms with E-state index in [0.717, 1.165) is 0 Å². The van der Waals surface area contributed by atoms with E-state index in [9.17, 15) is 9.59 Å². The van der Waals surface area contributed by atoms with Crippen molar-refractivity contribution in [1.29, 1.82) is 0 Å². The predicted molar refractivity (Wildman–Crippen MR) is 33.0 cm³/mol. The van der Waals surface area contributed by atoms with Crippen molar-refractivity contribution < 1.29 is 19.4 Å². The highest BCUT2D eigenvalue weighted by molar-refractivity contribution is 5.76. The molecule has 0 aliphatic carbocycles. The lowest BCUT2D eigenvalue weighted by molar-refractivity contribution is -0.267. The number of carbonyl (C=O) groups is 2. The lowest BCUT2D eigenvalue weighted by Gasteiger charge is -1.97. The molecule has 0 heterocycles. The summed E-state index contributed by atoms with van der Waals surface area (Å²) in [6.07, 6.45) is 0.248. The number of Topliss-reactive ketones (excluding diaryl/α,β-unsaturated/α-hetero) is 1. The van der Waals surface area contributed by atoms with Gasteiger partial charge >= 0.3 is 5.97 Å². The largest absolute Gasteiger partial charge is 0.342 e. The number of hydrogen-bond acceptors (Lipinski definition) is 4. The van der Waals surface area contributed by atoms with Crippen molar-refractivity contribution in [3.63, 3.8) is 0 Å². The third-order valence-electron chi connectivity index (χ3n) is 0.703. The van der Waals surface area contributed by atoms with Gasteiger partial charge in [0.05, 0.1) is 0 Å². The van der Waals surface area contributed by atoms with Crippen LogP contribution in [0.4, 0.5) is 0 Å². The lowest BCUT2D eigenvalue weighted by atomic mass is 10.5. The molecule has 0 spiro atoms. The van der Waals surface area contributed by atoms with E-state index in [1.54, 1.807) is 6.92 Å². The van der Waals surface area contributed by atoms with Gasteiger partial charge in [0.25, 0.3) is 0 Å². The quantitative estimate of drug-likeness (QED) is 0.427. The molecule has 0 aromatic heterocycles. The number of hydrogen-bond donors (Lipinski definition) is 0. The van der Waals surface area contributed by atoms with Gasteiger partial charge in [-0.2, -0.15) is 4.89 Å². The molecule has 0 saturated heterocycles. The van der Waals surface area contributed by atoms with Crippen molar-refractivity contribution in [3.8, 4) is 0 Å². The average Bonchev–Trinajstić information content (AvgIpc) is 1.87. The van der Waals surface area contributed by atoms with Crippen LogP contribution in [-0.2, 0) is 19.4 Å². The van der Waals surface area contributed by atoms with Crippen LogP contribution < -0.4 is 0 Å². The summed E-state index contributed by atoms with van der Waals surface area (Å²) in [6.45, 7) is 2.81. The van der Waals surface area contributed by atoms with Crippen molar-refractivity contribution in [1.82, 2.24) is 0 Å². The van der Waals surface area contributed by atoms with E-state index in [-0.39, 0.29) is 18.8 Å². The molecule has 0 atom stereocenters. The van der Waals surface area contributed by atoms with Crippen LogP contribution in [0.15, 0.2) is 0 Å². The molecular formula is C6H10O4. The summed E-state index contributed by atoms with van der Waals surface area (Å²) < 4.78 is 0. The fourth-order valence-electron chi connectivity index (χ4n) is 0.237. The zero-order chi connectivity index (χ0) is 7.98. The summed E-state index contributed by atoms with van der Waals surface area (Å²) >= 11 is 0. The zero-order valence-electron chi connectivity index (χ0n) is 6.05. The molecule has 0 rings (SSSR count). The van der Waals surface area contributed by atoms with Crippen LogP contribution >= 0.6 is 0 Å². The highest BCUT2D eigenvalue weighted by Crippen LogP contribution is 1.85. The summed E-state index contributed by atoms with van der Waals surface area (Å²) in [4.78, 5) is 28.9. The van der Waals surface area contributed by atoms with Crippen molar-refractivity contribution in [2.24, 2.45) is 0 Å². The smallest absolute Gasteiger partial charge is 0.298 e. The van der Waals surface area contributed by atoms with Crippen LogP contribution in [0.3, 0.4) is 0 Å². The Morgan fingerprint density at radius 2 is 2.00 bits per heavy atom. The van der Waals surface area contributed by atoms with Crippen molar-refractivity contribution in [2.75, 3.05) is 6.61 Å². The summed E-state index contributed by atoms with van der Waals surface area (Å²) in [5.41, 5.74) is 0. The van der Waals surface area contributed by atoms with Crippen LogP contribution in [0.25, 0.3) is 0 Å². The molecule has 10 heavy (non-hydrogen) atoms. The topological polar surface area (TPSA) is 52.6 Å². The standard InChI is InChI=1S/C6H10O4/c1-3-6(8)10-9-4-5(2)7/h3-4H2,1-2H3. The average molecular weight is 146 g/mol. The van der Waals surface area contributed by atoms with Crippen molar-refractivity contribution >= 4 is 11.8 Å². The maximum atomic E-state index is 10.3. The minimum Gasteiger partial charge on any atom is -0.298 e. The first-order valence-electron chi connectivity index (χ1n) is 2.98. The number of carbonyl (C=O) groups excluding carboxylic acids is 2. The first-order chi connectivity index (χ1) is 4.66. The van der Waals surface area contributed by atoms with Crippen LogP contribution in [0.1, 0.15) is 20.3 Å². The Morgan fingerprint density at radius 3 is 2.40 bits per heavy atom. The fraction of sp³-hybridized carbons (Fsp3) is 0.667. The second-order valence-corrected chi connectivity index (χ2v) is 1.77. The molecule has 0 aliphatic rings. The number of ketones is 1. The van der Waals surface area contributed by atoms with E-state index >= 15 is 0 Å². The van der Waals surface area contributed by atoms with Crippen LogP contribution in [-0.4, -0.2) is 18.4 Å². The van der Waals surface area contributed by atoms with E-state index in [1.807, 2.05) is 0 Å². The molecule has 0 unspecified atom stereocenters. The maximum Gasteiger partial charge on any atom is 0.342 e. The Balaban J connectivity index is 3.20. The van der Waals surface area contributed by atoms with Gasteiger partial charge < -0.3 is 0 Å². The molecule has 4 heteroatoms. The lowest BCUT2D eigenvalue weighted by Crippen LogP contribution is -2.09. The molecule has 58 valence electrons. The summed E-state index contributed by atoms with van der Waals surface area (Å²) in [5, 5.41) is 0. The van der Waals surface area contributed by atoms with Crippen LogP contribution in [0.2, 0.25) is 0 Å². The predicted octanol–water partition coefficient (Wildman–Crippen LogP) is 0.460. The zero-order valence-corrected chi connectivity index (χ0v) is 6.05. The monoisotopic (exact) mass is 146 g/mol. The van der Waals surface area contributed by atoms with Gasteiger partial charge in [0.1, 0.15) is 0 Å². The molecule has 0 aromatic carbocycles. The maximum absolute atomic E-state index is 10.3. The van der Waals surface area contributed by atoms with E-state index < -0.39 is 5.97 Å². The SMILES string of the molecule is CCC(=O)OOCC(C)=O. The Hall–Kier alpha value is -0.900. The molecule has 0 bridgehead atoms. The van der Waals surface area contributed by atoms with E-state index in [0.29, 0.717) is 0 Å². The van der Waals surface area contributed by atoms with Gasteiger partial charge in [0, 0.05) is 6.42 Å². The van der Waals surface area contributed by atoms with Crippen LogP contribution in [0.5, 0.6) is 0 Å². The molecule has 0 amide bonds. The van der Waals surface area contributed by atoms with Gasteiger partial charge in [-0.25, -0.2) is 4.79 Å². The molecule has 0 saturated carbocycles.